The van der Waals surface area contributed by atoms with E-state index in [1.165, 1.54) is 24.3 Å². The Kier molecular flexibility index (Phi) is 6.01. The number of rotatable bonds is 7. The van der Waals surface area contributed by atoms with Gasteiger partial charge in [0.2, 0.25) is 0 Å². The highest BCUT2D eigenvalue weighted by molar-refractivity contribution is 7.91. The number of hydrogen-bond acceptors (Lipinski definition) is 8. The number of benzene rings is 1. The molecule has 0 fully saturated rings. The molecule has 0 aliphatic heterocycles. The van der Waals surface area contributed by atoms with Gasteiger partial charge >= 0.3 is 10.1 Å². The van der Waals surface area contributed by atoms with E-state index in [1.54, 1.807) is 13.8 Å². The van der Waals surface area contributed by atoms with Crippen molar-refractivity contribution in [3.05, 3.63) is 36.0 Å². The van der Waals surface area contributed by atoms with E-state index in [9.17, 15) is 21.6 Å². The molecule has 0 saturated heterocycles. The van der Waals surface area contributed by atoms with Gasteiger partial charge in [0, 0.05) is 6.04 Å². The Bertz CT molecular complexity index is 1010. The maximum absolute atomic E-state index is 12.4. The molecule has 12 heteroatoms. The first-order valence-corrected chi connectivity index (χ1v) is 11.4. The minimum atomic E-state index is -3.81. The van der Waals surface area contributed by atoms with Crippen molar-refractivity contribution in [2.24, 2.45) is 0 Å². The highest BCUT2D eigenvalue weighted by Crippen LogP contribution is 2.25. The Balaban J connectivity index is 2.22. The lowest BCUT2D eigenvalue weighted by Crippen LogP contribution is -2.29. The normalized spacial score (nSPS) is 12.2. The zero-order valence-corrected chi connectivity index (χ0v) is 16.5. The highest BCUT2D eigenvalue weighted by Gasteiger charge is 2.21. The fourth-order valence-electron chi connectivity index (χ4n) is 1.86. The monoisotopic (exact) mass is 419 g/mol. The summed E-state index contributed by atoms with van der Waals surface area (Å²) in [6, 6.07) is 5.47. The van der Waals surface area contributed by atoms with Crippen molar-refractivity contribution in [3.8, 4) is 5.75 Å². The first kappa shape index (κ1) is 20.3. The molecule has 0 atom stereocenters. The van der Waals surface area contributed by atoms with Gasteiger partial charge in [0.25, 0.3) is 15.9 Å². The molecule has 0 aliphatic rings. The summed E-state index contributed by atoms with van der Waals surface area (Å²) in [7, 11) is -7.53. The molecule has 1 amide bonds. The van der Waals surface area contributed by atoms with Gasteiger partial charge in [0.1, 0.15) is 0 Å². The maximum Gasteiger partial charge on any atom is 0.306 e. The number of nitrogens with zero attached hydrogens (tertiary/aromatic N) is 1. The van der Waals surface area contributed by atoms with Crippen molar-refractivity contribution in [2.75, 3.05) is 11.6 Å². The van der Waals surface area contributed by atoms with Crippen molar-refractivity contribution in [3.63, 3.8) is 0 Å². The Morgan fingerprint density at radius 3 is 2.46 bits per heavy atom. The lowest BCUT2D eigenvalue weighted by molar-refractivity contribution is 0.102. The molecule has 2 N–H and O–H groups in total. The van der Waals surface area contributed by atoms with Crippen LogP contribution in [0.3, 0.4) is 0 Å². The van der Waals surface area contributed by atoms with Crippen LogP contribution in [0.4, 0.5) is 5.13 Å². The molecule has 2 rings (SSSR count). The molecule has 0 radical (unpaired) electrons. The summed E-state index contributed by atoms with van der Waals surface area (Å²) in [4.78, 5) is 16.2. The van der Waals surface area contributed by atoms with Crippen LogP contribution in [0, 0.1) is 0 Å². The number of sulfonamides is 1. The van der Waals surface area contributed by atoms with E-state index in [0.29, 0.717) is 0 Å². The van der Waals surface area contributed by atoms with Crippen molar-refractivity contribution in [2.45, 2.75) is 24.1 Å². The number of carbonyl (C=O) groups is 1. The first-order valence-electron chi connectivity index (χ1n) is 7.26. The standard InChI is InChI=1S/C14H17N3O6S3/c1-9(2)17-26(21,22)12-8-15-14(24-12)16-13(18)10-6-4-5-7-11(10)23-25(3,19)20/h4-9,17H,1-3H3,(H,15,16,18). The van der Waals surface area contributed by atoms with Gasteiger partial charge in [-0.1, -0.05) is 23.5 Å². The Morgan fingerprint density at radius 2 is 1.85 bits per heavy atom. The van der Waals surface area contributed by atoms with Gasteiger partial charge < -0.3 is 4.18 Å². The van der Waals surface area contributed by atoms with Crippen LogP contribution in [-0.2, 0) is 20.1 Å². The molecule has 1 aromatic carbocycles. The molecule has 1 aromatic heterocycles. The topological polar surface area (TPSA) is 132 Å². The van der Waals surface area contributed by atoms with Crippen LogP contribution < -0.4 is 14.2 Å². The van der Waals surface area contributed by atoms with Crippen LogP contribution in [0.2, 0.25) is 0 Å². The van der Waals surface area contributed by atoms with E-state index in [4.69, 9.17) is 4.18 Å². The molecule has 26 heavy (non-hydrogen) atoms. The summed E-state index contributed by atoms with van der Waals surface area (Å²) < 4.78 is 53.9. The van der Waals surface area contributed by atoms with E-state index in [-0.39, 0.29) is 26.7 Å². The van der Waals surface area contributed by atoms with Gasteiger partial charge in [-0.05, 0) is 26.0 Å². The lowest BCUT2D eigenvalue weighted by Gasteiger charge is -2.08. The van der Waals surface area contributed by atoms with E-state index in [1.807, 2.05) is 0 Å². The SMILES string of the molecule is CC(C)NS(=O)(=O)c1cnc(NC(=O)c2ccccc2OS(C)(=O)=O)s1. The van der Waals surface area contributed by atoms with Gasteiger partial charge in [-0.25, -0.2) is 18.1 Å². The van der Waals surface area contributed by atoms with Crippen molar-refractivity contribution in [1.82, 2.24) is 9.71 Å². The molecule has 9 nitrogen and oxygen atoms in total. The fraction of sp³-hybridized carbons (Fsp3) is 0.286. The van der Waals surface area contributed by atoms with Gasteiger partial charge in [-0.15, -0.1) is 0 Å². The average molecular weight is 420 g/mol. The van der Waals surface area contributed by atoms with Gasteiger partial charge in [-0.3, -0.25) is 10.1 Å². The predicted molar refractivity (Wildman–Crippen MR) is 97.4 cm³/mol. The van der Waals surface area contributed by atoms with Crippen molar-refractivity contribution < 1.29 is 25.8 Å². The predicted octanol–water partition coefficient (Wildman–Crippen LogP) is 1.42. The fourth-order valence-corrected chi connectivity index (χ4v) is 4.63. The molecule has 0 unspecified atom stereocenters. The van der Waals surface area contributed by atoms with E-state index in [2.05, 4.69) is 15.0 Å². The molecule has 0 aliphatic carbocycles. The van der Waals surface area contributed by atoms with Crippen LogP contribution in [0.5, 0.6) is 5.75 Å². The quantitative estimate of drug-likeness (QED) is 0.649. The van der Waals surface area contributed by atoms with E-state index in [0.717, 1.165) is 23.8 Å². The molecular weight excluding hydrogens is 402 g/mol. The molecule has 1 heterocycles. The third-order valence-corrected chi connectivity index (χ3v) is 6.25. The third kappa shape index (κ3) is 5.49. The van der Waals surface area contributed by atoms with Crippen LogP contribution in [0.15, 0.2) is 34.7 Å². The summed E-state index contributed by atoms with van der Waals surface area (Å²) in [5.41, 5.74) is -0.0298. The van der Waals surface area contributed by atoms with Crippen molar-refractivity contribution >= 4 is 42.5 Å². The largest absolute Gasteiger partial charge is 0.382 e. The number of carbonyl (C=O) groups excluding carboxylic acids is 1. The number of amides is 1. The molecule has 2 aromatic rings. The van der Waals surface area contributed by atoms with Gasteiger partial charge in [0.15, 0.2) is 15.1 Å². The second-order valence-electron chi connectivity index (χ2n) is 5.50. The molecule has 0 spiro atoms. The summed E-state index contributed by atoms with van der Waals surface area (Å²) in [6.07, 6.45) is 1.99. The number of para-hydroxylation sites is 1. The first-order chi connectivity index (χ1) is 12.0. The van der Waals surface area contributed by atoms with Crippen LogP contribution in [-0.4, -0.2) is 40.0 Å². The Labute approximate surface area is 155 Å². The molecular formula is C14H17N3O6S3. The number of hydrogen-bond donors (Lipinski definition) is 2. The van der Waals surface area contributed by atoms with E-state index >= 15 is 0 Å². The smallest absolute Gasteiger partial charge is 0.306 e. The molecule has 0 bridgehead atoms. The van der Waals surface area contributed by atoms with Crippen molar-refractivity contribution in [1.29, 1.82) is 0 Å². The van der Waals surface area contributed by atoms with E-state index < -0.39 is 26.0 Å². The zero-order valence-electron chi connectivity index (χ0n) is 14.1. The number of aromatic nitrogens is 1. The zero-order chi connectivity index (χ0) is 19.5. The number of nitrogens with one attached hydrogen (secondary N) is 2. The Morgan fingerprint density at radius 1 is 1.19 bits per heavy atom. The summed E-state index contributed by atoms with van der Waals surface area (Å²) in [6.45, 7) is 3.36. The number of thiazole rings is 1. The minimum absolute atomic E-state index is 0.0298. The lowest BCUT2D eigenvalue weighted by atomic mass is 10.2. The Hall–Kier alpha value is -2.02. The number of anilines is 1. The maximum atomic E-state index is 12.4. The van der Waals surface area contributed by atoms with Gasteiger partial charge in [-0.2, -0.15) is 8.42 Å². The summed E-state index contributed by atoms with van der Waals surface area (Å²) in [5, 5.41) is 2.48. The van der Waals surface area contributed by atoms with Crippen LogP contribution in [0.1, 0.15) is 24.2 Å². The minimum Gasteiger partial charge on any atom is -0.382 e. The second kappa shape index (κ2) is 7.70. The average Bonchev–Trinajstić information content (AvgIpc) is 2.94. The summed E-state index contributed by atoms with van der Waals surface area (Å²) >= 11 is 0.771. The molecule has 142 valence electrons. The molecule has 0 saturated carbocycles. The van der Waals surface area contributed by atoms with Crippen LogP contribution in [0.25, 0.3) is 0 Å². The van der Waals surface area contributed by atoms with Gasteiger partial charge in [0.05, 0.1) is 18.0 Å². The second-order valence-corrected chi connectivity index (χ2v) is 10.0. The highest BCUT2D eigenvalue weighted by atomic mass is 32.2. The summed E-state index contributed by atoms with van der Waals surface area (Å²) in [5.74, 6) is -0.822. The van der Waals surface area contributed by atoms with Crippen LogP contribution >= 0.6 is 11.3 Å². The third-order valence-electron chi connectivity index (χ3n) is 2.73.